The normalized spacial score (nSPS) is 20.6. The SMILES string of the molecule is COc1ccc(N2CCN(C(=O)c3cc4n(n3)[C@H](C(F)(F)F)C[C@H](c3ccco3)N4)CC2)cc1. The van der Waals surface area contributed by atoms with Crippen LogP contribution in [0.1, 0.15) is 34.8 Å². The lowest BCUT2D eigenvalue weighted by atomic mass is 10.0. The third-order valence-electron chi connectivity index (χ3n) is 6.30. The van der Waals surface area contributed by atoms with Gasteiger partial charge >= 0.3 is 6.18 Å². The molecule has 180 valence electrons. The van der Waals surface area contributed by atoms with E-state index in [4.69, 9.17) is 9.15 Å². The lowest BCUT2D eigenvalue weighted by molar-refractivity contribution is -0.174. The number of amides is 1. The van der Waals surface area contributed by atoms with Gasteiger partial charge in [0.05, 0.1) is 19.4 Å². The Morgan fingerprint density at radius 1 is 1.15 bits per heavy atom. The molecule has 0 radical (unpaired) electrons. The van der Waals surface area contributed by atoms with E-state index in [2.05, 4.69) is 15.3 Å². The third-order valence-corrected chi connectivity index (χ3v) is 6.30. The summed E-state index contributed by atoms with van der Waals surface area (Å²) >= 11 is 0. The van der Waals surface area contributed by atoms with Gasteiger partial charge in [-0.2, -0.15) is 18.3 Å². The van der Waals surface area contributed by atoms with E-state index in [-0.39, 0.29) is 23.8 Å². The predicted molar refractivity (Wildman–Crippen MR) is 118 cm³/mol. The van der Waals surface area contributed by atoms with Crippen molar-refractivity contribution in [3.8, 4) is 5.75 Å². The zero-order valence-electron chi connectivity index (χ0n) is 18.5. The number of hydrogen-bond donors (Lipinski definition) is 1. The fourth-order valence-electron chi connectivity index (χ4n) is 4.48. The average Bonchev–Trinajstić information content (AvgIpc) is 3.53. The van der Waals surface area contributed by atoms with Crippen LogP contribution >= 0.6 is 0 Å². The molecule has 11 heteroatoms. The number of nitrogens with one attached hydrogen (secondary N) is 1. The molecule has 34 heavy (non-hydrogen) atoms. The zero-order chi connectivity index (χ0) is 23.9. The maximum atomic E-state index is 13.8. The van der Waals surface area contributed by atoms with Gasteiger partial charge in [0.25, 0.3) is 5.91 Å². The van der Waals surface area contributed by atoms with Gasteiger partial charge < -0.3 is 24.3 Å². The lowest BCUT2D eigenvalue weighted by Gasteiger charge is -2.35. The highest BCUT2D eigenvalue weighted by Crippen LogP contribution is 2.43. The Bertz CT molecular complexity index is 1140. The van der Waals surface area contributed by atoms with Crippen LogP contribution in [0.4, 0.5) is 24.7 Å². The molecule has 0 bridgehead atoms. The fraction of sp³-hybridized carbons (Fsp3) is 0.391. The minimum absolute atomic E-state index is 0.00487. The second kappa shape index (κ2) is 8.62. The second-order valence-electron chi connectivity index (χ2n) is 8.34. The highest BCUT2D eigenvalue weighted by molar-refractivity contribution is 5.93. The molecule has 2 aliphatic rings. The molecule has 0 aliphatic carbocycles. The van der Waals surface area contributed by atoms with E-state index in [0.29, 0.717) is 31.9 Å². The molecular weight excluding hydrogens is 451 g/mol. The van der Waals surface area contributed by atoms with Crippen molar-refractivity contribution in [1.29, 1.82) is 0 Å². The molecule has 1 fully saturated rings. The summed E-state index contributed by atoms with van der Waals surface area (Å²) in [6.07, 6.45) is -3.37. The Morgan fingerprint density at radius 3 is 2.50 bits per heavy atom. The number of benzene rings is 1. The van der Waals surface area contributed by atoms with Gasteiger partial charge in [-0.05, 0) is 36.4 Å². The lowest BCUT2D eigenvalue weighted by Crippen LogP contribution is -2.49. The van der Waals surface area contributed by atoms with Gasteiger partial charge in [0.2, 0.25) is 0 Å². The molecule has 8 nitrogen and oxygen atoms in total. The fourth-order valence-corrected chi connectivity index (χ4v) is 4.48. The van der Waals surface area contributed by atoms with Crippen molar-refractivity contribution >= 4 is 17.4 Å². The number of alkyl halides is 3. The Balaban J connectivity index is 1.31. The summed E-state index contributed by atoms with van der Waals surface area (Å²) in [7, 11) is 1.61. The topological polar surface area (TPSA) is 75.8 Å². The number of methoxy groups -OCH3 is 1. The van der Waals surface area contributed by atoms with Gasteiger partial charge in [-0.15, -0.1) is 0 Å². The summed E-state index contributed by atoms with van der Waals surface area (Å²) in [6, 6.07) is 9.81. The van der Waals surface area contributed by atoms with E-state index in [1.807, 2.05) is 24.3 Å². The van der Waals surface area contributed by atoms with Gasteiger partial charge in [-0.25, -0.2) is 4.68 Å². The van der Waals surface area contributed by atoms with Crippen molar-refractivity contribution in [3.05, 3.63) is 60.2 Å². The number of ether oxygens (including phenoxy) is 1. The van der Waals surface area contributed by atoms with Crippen LogP contribution in [0, 0.1) is 0 Å². The Labute approximate surface area is 193 Å². The number of rotatable bonds is 4. The number of aromatic nitrogens is 2. The maximum absolute atomic E-state index is 13.8. The van der Waals surface area contributed by atoms with Crippen molar-refractivity contribution < 1.29 is 27.1 Å². The Morgan fingerprint density at radius 2 is 1.88 bits per heavy atom. The molecule has 5 rings (SSSR count). The summed E-state index contributed by atoms with van der Waals surface area (Å²) in [6.45, 7) is 2.10. The van der Waals surface area contributed by atoms with E-state index < -0.39 is 18.3 Å². The van der Waals surface area contributed by atoms with Crippen LogP contribution in [-0.2, 0) is 0 Å². The number of carbonyl (C=O) groups excluding carboxylic acids is 1. The number of halogens is 3. The highest BCUT2D eigenvalue weighted by atomic mass is 19.4. The minimum Gasteiger partial charge on any atom is -0.497 e. The van der Waals surface area contributed by atoms with Crippen LogP contribution in [0.25, 0.3) is 0 Å². The molecule has 0 spiro atoms. The number of hydrogen-bond acceptors (Lipinski definition) is 6. The number of piperazine rings is 1. The standard InChI is InChI=1S/C23H24F3N5O3/c1-33-16-6-4-15(5-7-16)29-8-10-30(11-9-29)22(32)18-14-21-27-17(19-3-2-12-34-19)13-20(23(24,25)26)31(21)28-18/h2-7,12,14,17,20,27H,8-11,13H2,1H3/t17-,20+/m1/s1. The predicted octanol–water partition coefficient (Wildman–Crippen LogP) is 4.11. The van der Waals surface area contributed by atoms with Crippen molar-refractivity contribution in [2.24, 2.45) is 0 Å². The monoisotopic (exact) mass is 475 g/mol. The molecule has 1 saturated heterocycles. The molecule has 1 N–H and O–H groups in total. The first-order chi connectivity index (χ1) is 16.3. The quantitative estimate of drug-likeness (QED) is 0.612. The number of carbonyl (C=O) groups is 1. The number of furan rings is 1. The Kier molecular flexibility index (Phi) is 5.62. The highest BCUT2D eigenvalue weighted by Gasteiger charge is 2.47. The van der Waals surface area contributed by atoms with Crippen molar-refractivity contribution in [2.45, 2.75) is 24.7 Å². The van der Waals surface area contributed by atoms with Gasteiger partial charge in [0.1, 0.15) is 17.3 Å². The van der Waals surface area contributed by atoms with Crippen LogP contribution in [0.15, 0.2) is 53.1 Å². The van der Waals surface area contributed by atoms with Crippen molar-refractivity contribution in [2.75, 3.05) is 43.5 Å². The number of fused-ring (bicyclic) bond motifs is 1. The molecule has 2 aromatic heterocycles. The summed E-state index contributed by atoms with van der Waals surface area (Å²) in [5.41, 5.74) is 1.02. The van der Waals surface area contributed by atoms with E-state index in [0.717, 1.165) is 16.1 Å². The largest absolute Gasteiger partial charge is 0.497 e. The smallest absolute Gasteiger partial charge is 0.410 e. The molecule has 3 aromatic rings. The second-order valence-corrected chi connectivity index (χ2v) is 8.34. The van der Waals surface area contributed by atoms with E-state index >= 15 is 0 Å². The summed E-state index contributed by atoms with van der Waals surface area (Å²) < 4.78 is 52.8. The molecule has 0 saturated carbocycles. The van der Waals surface area contributed by atoms with Gasteiger partial charge in [-0.3, -0.25) is 4.79 Å². The van der Waals surface area contributed by atoms with Gasteiger partial charge in [-0.1, -0.05) is 0 Å². The molecule has 4 heterocycles. The molecule has 0 unspecified atom stereocenters. The first-order valence-electron chi connectivity index (χ1n) is 11.0. The molecule has 2 aliphatic heterocycles. The minimum atomic E-state index is -4.52. The first kappa shape index (κ1) is 22.2. The molecule has 1 aromatic carbocycles. The first-order valence-corrected chi connectivity index (χ1v) is 11.0. The molecular formula is C23H24F3N5O3. The number of anilines is 2. The third kappa shape index (κ3) is 4.17. The van der Waals surface area contributed by atoms with Crippen LogP contribution < -0.4 is 15.0 Å². The number of nitrogens with zero attached hydrogens (tertiary/aromatic N) is 4. The maximum Gasteiger partial charge on any atom is 0.410 e. The van der Waals surface area contributed by atoms with E-state index in [1.165, 1.54) is 12.3 Å². The zero-order valence-corrected chi connectivity index (χ0v) is 18.5. The summed E-state index contributed by atoms with van der Waals surface area (Å²) in [5, 5.41) is 7.11. The van der Waals surface area contributed by atoms with Gasteiger partial charge in [0, 0.05) is 44.4 Å². The van der Waals surface area contributed by atoms with E-state index in [1.54, 1.807) is 24.1 Å². The molecule has 2 atom stereocenters. The Hall–Kier alpha value is -3.63. The van der Waals surface area contributed by atoms with Crippen LogP contribution in [0.2, 0.25) is 0 Å². The van der Waals surface area contributed by atoms with Crippen LogP contribution in [0.5, 0.6) is 5.75 Å². The average molecular weight is 475 g/mol. The summed E-state index contributed by atoms with van der Waals surface area (Å²) in [4.78, 5) is 16.9. The van der Waals surface area contributed by atoms with Crippen LogP contribution in [0.3, 0.4) is 0 Å². The van der Waals surface area contributed by atoms with Crippen molar-refractivity contribution in [3.63, 3.8) is 0 Å². The van der Waals surface area contributed by atoms with E-state index in [9.17, 15) is 18.0 Å². The van der Waals surface area contributed by atoms with Crippen molar-refractivity contribution in [1.82, 2.24) is 14.7 Å². The van der Waals surface area contributed by atoms with Gasteiger partial charge in [0.15, 0.2) is 11.7 Å². The molecule has 1 amide bonds. The van der Waals surface area contributed by atoms with Crippen LogP contribution in [-0.4, -0.2) is 60.1 Å². The summed E-state index contributed by atoms with van der Waals surface area (Å²) in [5.74, 6) is 0.939.